The average molecular weight is 329 g/mol. The van der Waals surface area contributed by atoms with Crippen molar-refractivity contribution in [2.24, 2.45) is 0 Å². The van der Waals surface area contributed by atoms with E-state index in [1.54, 1.807) is 0 Å². The molecule has 19 heavy (non-hydrogen) atoms. The molecule has 0 aromatic heterocycles. The minimum Gasteiger partial charge on any atom is -0.380 e. The van der Waals surface area contributed by atoms with E-state index in [4.69, 9.17) is 4.74 Å². The first-order valence-corrected chi connectivity index (χ1v) is 7.36. The third-order valence-corrected chi connectivity index (χ3v) is 3.19. The van der Waals surface area contributed by atoms with Gasteiger partial charge in [-0.25, -0.2) is 0 Å². The standard InChI is InChI=1S/C14H21BrN2O2/c1-2-3-9-19-10-8-16-11-14(18)17-13-7-5-4-6-12(13)15/h4-7,16H,2-3,8-11H2,1H3,(H,17,18). The van der Waals surface area contributed by atoms with Crippen LogP contribution in [0.15, 0.2) is 28.7 Å². The Morgan fingerprint density at radius 3 is 2.84 bits per heavy atom. The summed E-state index contributed by atoms with van der Waals surface area (Å²) in [4.78, 5) is 11.7. The molecule has 0 bridgehead atoms. The van der Waals surface area contributed by atoms with Crippen LogP contribution in [0.25, 0.3) is 0 Å². The molecule has 0 fully saturated rings. The van der Waals surface area contributed by atoms with Crippen molar-refractivity contribution >= 4 is 27.5 Å². The van der Waals surface area contributed by atoms with Gasteiger partial charge in [0.2, 0.25) is 5.91 Å². The molecule has 106 valence electrons. The summed E-state index contributed by atoms with van der Waals surface area (Å²) in [5.74, 6) is -0.0551. The number of benzene rings is 1. The maximum atomic E-state index is 11.7. The molecular weight excluding hydrogens is 308 g/mol. The van der Waals surface area contributed by atoms with Crippen molar-refractivity contribution < 1.29 is 9.53 Å². The number of halogens is 1. The highest BCUT2D eigenvalue weighted by molar-refractivity contribution is 9.10. The Morgan fingerprint density at radius 2 is 2.11 bits per heavy atom. The van der Waals surface area contributed by atoms with Crippen LogP contribution in [-0.4, -0.2) is 32.2 Å². The topological polar surface area (TPSA) is 50.4 Å². The molecule has 1 aromatic rings. The first-order chi connectivity index (χ1) is 9.24. The lowest BCUT2D eigenvalue weighted by Gasteiger charge is -2.08. The zero-order valence-corrected chi connectivity index (χ0v) is 12.8. The zero-order valence-electron chi connectivity index (χ0n) is 11.2. The summed E-state index contributed by atoms with van der Waals surface area (Å²) in [5.41, 5.74) is 0.786. The fourth-order valence-electron chi connectivity index (χ4n) is 1.45. The number of rotatable bonds is 9. The van der Waals surface area contributed by atoms with Crippen LogP contribution in [0.1, 0.15) is 19.8 Å². The molecule has 5 heteroatoms. The Morgan fingerprint density at radius 1 is 1.32 bits per heavy atom. The Balaban J connectivity index is 2.10. The van der Waals surface area contributed by atoms with Gasteiger partial charge in [0.15, 0.2) is 0 Å². The number of carbonyl (C=O) groups excluding carboxylic acids is 1. The molecule has 1 rings (SSSR count). The molecule has 0 saturated carbocycles. The molecule has 0 aliphatic heterocycles. The van der Waals surface area contributed by atoms with Gasteiger partial charge in [-0.3, -0.25) is 4.79 Å². The van der Waals surface area contributed by atoms with Crippen LogP contribution in [0.2, 0.25) is 0 Å². The smallest absolute Gasteiger partial charge is 0.238 e. The highest BCUT2D eigenvalue weighted by Gasteiger charge is 2.03. The molecule has 0 saturated heterocycles. The summed E-state index contributed by atoms with van der Waals surface area (Å²) < 4.78 is 6.27. The second kappa shape index (κ2) is 9.95. The minimum atomic E-state index is -0.0551. The predicted octanol–water partition coefficient (Wildman–Crippen LogP) is 2.79. The number of unbranched alkanes of at least 4 members (excludes halogenated alkanes) is 1. The van der Waals surface area contributed by atoms with Crippen molar-refractivity contribution in [2.75, 3.05) is 31.6 Å². The van der Waals surface area contributed by atoms with E-state index in [1.165, 1.54) is 0 Å². The van der Waals surface area contributed by atoms with Crippen molar-refractivity contribution in [2.45, 2.75) is 19.8 Å². The second-order valence-corrected chi connectivity index (χ2v) is 5.03. The summed E-state index contributed by atoms with van der Waals surface area (Å²) in [6, 6.07) is 7.54. The maximum Gasteiger partial charge on any atom is 0.238 e. The van der Waals surface area contributed by atoms with Gasteiger partial charge in [0.25, 0.3) is 0 Å². The number of carbonyl (C=O) groups is 1. The van der Waals surface area contributed by atoms with Crippen molar-refractivity contribution in [1.82, 2.24) is 5.32 Å². The molecule has 0 aliphatic rings. The lowest BCUT2D eigenvalue weighted by molar-refractivity contribution is -0.115. The number of anilines is 1. The van der Waals surface area contributed by atoms with Gasteiger partial charge in [-0.2, -0.15) is 0 Å². The first-order valence-electron chi connectivity index (χ1n) is 6.57. The largest absolute Gasteiger partial charge is 0.380 e. The Kier molecular flexibility index (Phi) is 8.45. The zero-order chi connectivity index (χ0) is 13.9. The fraction of sp³-hybridized carbons (Fsp3) is 0.500. The summed E-state index contributed by atoms with van der Waals surface area (Å²) in [6.45, 7) is 4.54. The van der Waals surface area contributed by atoms with Gasteiger partial charge in [0, 0.05) is 17.6 Å². The molecule has 2 N–H and O–H groups in total. The normalized spacial score (nSPS) is 10.4. The maximum absolute atomic E-state index is 11.7. The third-order valence-electron chi connectivity index (χ3n) is 2.50. The van der Waals surface area contributed by atoms with Crippen LogP contribution in [-0.2, 0) is 9.53 Å². The second-order valence-electron chi connectivity index (χ2n) is 4.17. The molecule has 0 radical (unpaired) electrons. The van der Waals surface area contributed by atoms with Gasteiger partial charge < -0.3 is 15.4 Å². The van der Waals surface area contributed by atoms with E-state index < -0.39 is 0 Å². The quantitative estimate of drug-likeness (QED) is 0.685. The molecule has 1 amide bonds. The van der Waals surface area contributed by atoms with Crippen LogP contribution in [0.3, 0.4) is 0 Å². The van der Waals surface area contributed by atoms with E-state index in [1.807, 2.05) is 24.3 Å². The van der Waals surface area contributed by atoms with Crippen molar-refractivity contribution in [3.63, 3.8) is 0 Å². The summed E-state index contributed by atoms with van der Waals surface area (Å²) in [5, 5.41) is 5.88. The Bertz CT molecular complexity index is 385. The highest BCUT2D eigenvalue weighted by atomic mass is 79.9. The van der Waals surface area contributed by atoms with E-state index in [2.05, 4.69) is 33.5 Å². The number of para-hydroxylation sites is 1. The average Bonchev–Trinajstić information content (AvgIpc) is 2.40. The van der Waals surface area contributed by atoms with Gasteiger partial charge >= 0.3 is 0 Å². The van der Waals surface area contributed by atoms with Crippen LogP contribution in [0, 0.1) is 0 Å². The van der Waals surface area contributed by atoms with E-state index in [-0.39, 0.29) is 5.91 Å². The molecular formula is C14H21BrN2O2. The fourth-order valence-corrected chi connectivity index (χ4v) is 1.84. The monoisotopic (exact) mass is 328 g/mol. The van der Waals surface area contributed by atoms with E-state index >= 15 is 0 Å². The first kappa shape index (κ1) is 16.1. The van der Waals surface area contributed by atoms with E-state index in [0.29, 0.717) is 19.7 Å². The van der Waals surface area contributed by atoms with Crippen molar-refractivity contribution in [3.05, 3.63) is 28.7 Å². The number of nitrogens with one attached hydrogen (secondary N) is 2. The van der Waals surface area contributed by atoms with Crippen molar-refractivity contribution in [3.8, 4) is 0 Å². The Hall–Kier alpha value is -0.910. The molecule has 1 aromatic carbocycles. The van der Waals surface area contributed by atoms with Gasteiger partial charge in [0.05, 0.1) is 18.8 Å². The van der Waals surface area contributed by atoms with Gasteiger partial charge in [0.1, 0.15) is 0 Å². The molecule has 4 nitrogen and oxygen atoms in total. The van der Waals surface area contributed by atoms with Crippen molar-refractivity contribution in [1.29, 1.82) is 0 Å². The number of amides is 1. The van der Waals surface area contributed by atoms with Gasteiger partial charge in [-0.05, 0) is 34.5 Å². The number of hydrogen-bond donors (Lipinski definition) is 2. The summed E-state index contributed by atoms with van der Waals surface area (Å²) in [7, 11) is 0. The lowest BCUT2D eigenvalue weighted by Crippen LogP contribution is -2.30. The van der Waals surface area contributed by atoms with E-state index in [9.17, 15) is 4.79 Å². The SMILES string of the molecule is CCCCOCCNCC(=O)Nc1ccccc1Br. The van der Waals surface area contributed by atoms with Gasteiger partial charge in [-0.1, -0.05) is 25.5 Å². The minimum absolute atomic E-state index is 0.0551. The number of hydrogen-bond acceptors (Lipinski definition) is 3. The molecule has 0 aliphatic carbocycles. The third kappa shape index (κ3) is 7.30. The summed E-state index contributed by atoms with van der Waals surface area (Å²) >= 11 is 3.39. The van der Waals surface area contributed by atoms with E-state index in [0.717, 1.165) is 29.6 Å². The number of ether oxygens (including phenoxy) is 1. The highest BCUT2D eigenvalue weighted by Crippen LogP contribution is 2.20. The van der Waals surface area contributed by atoms with Gasteiger partial charge in [-0.15, -0.1) is 0 Å². The Labute approximate surface area is 123 Å². The van der Waals surface area contributed by atoms with Crippen LogP contribution < -0.4 is 10.6 Å². The van der Waals surface area contributed by atoms with Crippen LogP contribution in [0.5, 0.6) is 0 Å². The molecule has 0 heterocycles. The molecule has 0 atom stereocenters. The molecule has 0 unspecified atom stereocenters. The summed E-state index contributed by atoms with van der Waals surface area (Å²) in [6.07, 6.45) is 2.23. The molecule has 0 spiro atoms. The predicted molar refractivity (Wildman–Crippen MR) is 81.4 cm³/mol. The lowest BCUT2D eigenvalue weighted by atomic mass is 10.3. The van der Waals surface area contributed by atoms with Crippen LogP contribution >= 0.6 is 15.9 Å². The van der Waals surface area contributed by atoms with Crippen LogP contribution in [0.4, 0.5) is 5.69 Å².